The number of carbonyl (C=O) groups is 2. The van der Waals surface area contributed by atoms with Gasteiger partial charge in [-0.2, -0.15) is 0 Å². The van der Waals surface area contributed by atoms with Crippen molar-refractivity contribution in [3.05, 3.63) is 22.5 Å². The van der Waals surface area contributed by atoms with Crippen LogP contribution in [0.5, 0.6) is 0 Å². The van der Waals surface area contributed by atoms with Crippen LogP contribution >= 0.6 is 0 Å². The van der Waals surface area contributed by atoms with Gasteiger partial charge in [0.25, 0.3) is 5.91 Å². The van der Waals surface area contributed by atoms with E-state index in [4.69, 9.17) is 9.84 Å². The van der Waals surface area contributed by atoms with Gasteiger partial charge in [-0.1, -0.05) is 0 Å². The molecule has 6 heteroatoms. The van der Waals surface area contributed by atoms with Gasteiger partial charge in [0.1, 0.15) is 5.69 Å². The molecule has 1 saturated heterocycles. The fourth-order valence-corrected chi connectivity index (χ4v) is 2.40. The average molecular weight is 266 g/mol. The number of hydrogen-bond acceptors (Lipinski definition) is 3. The van der Waals surface area contributed by atoms with Crippen molar-refractivity contribution >= 4 is 11.9 Å². The highest BCUT2D eigenvalue weighted by Crippen LogP contribution is 2.18. The Kier molecular flexibility index (Phi) is 3.90. The predicted octanol–water partition coefficient (Wildman–Crippen LogP) is 1.24. The molecular formula is C13H18N2O4. The van der Waals surface area contributed by atoms with Gasteiger partial charge in [-0.05, 0) is 32.3 Å². The molecule has 1 amide bonds. The smallest absolute Gasteiger partial charge is 0.337 e. The van der Waals surface area contributed by atoms with Crippen LogP contribution in [-0.2, 0) is 4.74 Å². The number of nitrogens with one attached hydrogen (secondary N) is 2. The van der Waals surface area contributed by atoms with E-state index in [2.05, 4.69) is 10.3 Å². The van der Waals surface area contributed by atoms with Gasteiger partial charge in [0.2, 0.25) is 0 Å². The highest BCUT2D eigenvalue weighted by Gasteiger charge is 2.23. The molecule has 0 radical (unpaired) electrons. The van der Waals surface area contributed by atoms with E-state index in [-0.39, 0.29) is 17.5 Å². The number of H-pyrrole nitrogens is 1. The van der Waals surface area contributed by atoms with Crippen molar-refractivity contribution in [2.24, 2.45) is 0 Å². The minimum atomic E-state index is -1.02. The Balaban J connectivity index is 2.15. The Morgan fingerprint density at radius 3 is 2.47 bits per heavy atom. The molecule has 104 valence electrons. The average Bonchev–Trinajstić information content (AvgIpc) is 2.66. The van der Waals surface area contributed by atoms with Crippen molar-refractivity contribution in [2.45, 2.75) is 32.7 Å². The van der Waals surface area contributed by atoms with Gasteiger partial charge in [-0.3, -0.25) is 4.79 Å². The zero-order chi connectivity index (χ0) is 14.0. The number of carbonyl (C=O) groups excluding carboxylic acids is 1. The van der Waals surface area contributed by atoms with Gasteiger partial charge in [0, 0.05) is 24.9 Å². The second-order valence-electron chi connectivity index (χ2n) is 4.79. The SMILES string of the molecule is Cc1[nH]c(C(=O)NC2CCOCC2)c(C)c1C(=O)O. The first kappa shape index (κ1) is 13.6. The van der Waals surface area contributed by atoms with E-state index in [9.17, 15) is 9.59 Å². The monoisotopic (exact) mass is 266 g/mol. The predicted molar refractivity (Wildman–Crippen MR) is 68.5 cm³/mol. The molecule has 0 bridgehead atoms. The molecule has 19 heavy (non-hydrogen) atoms. The zero-order valence-electron chi connectivity index (χ0n) is 11.1. The largest absolute Gasteiger partial charge is 0.478 e. The highest BCUT2D eigenvalue weighted by atomic mass is 16.5. The second-order valence-corrected chi connectivity index (χ2v) is 4.79. The first-order chi connectivity index (χ1) is 9.00. The van der Waals surface area contributed by atoms with E-state index in [0.29, 0.717) is 30.2 Å². The molecule has 3 N–H and O–H groups in total. The molecule has 0 spiro atoms. The number of ether oxygens (including phenoxy) is 1. The van der Waals surface area contributed by atoms with Crippen LogP contribution in [0.1, 0.15) is 44.9 Å². The van der Waals surface area contributed by atoms with Crippen molar-refractivity contribution in [3.8, 4) is 0 Å². The molecule has 0 aliphatic carbocycles. The van der Waals surface area contributed by atoms with Crippen molar-refractivity contribution < 1.29 is 19.4 Å². The van der Waals surface area contributed by atoms with E-state index in [0.717, 1.165) is 12.8 Å². The highest BCUT2D eigenvalue weighted by molar-refractivity contribution is 6.00. The zero-order valence-corrected chi connectivity index (χ0v) is 11.1. The summed E-state index contributed by atoms with van der Waals surface area (Å²) in [7, 11) is 0. The number of amides is 1. The summed E-state index contributed by atoms with van der Waals surface area (Å²) in [5.74, 6) is -1.27. The summed E-state index contributed by atoms with van der Waals surface area (Å²) in [6.07, 6.45) is 1.58. The molecule has 1 fully saturated rings. The number of aromatic amines is 1. The number of rotatable bonds is 3. The summed E-state index contributed by atoms with van der Waals surface area (Å²) in [4.78, 5) is 26.1. The Hall–Kier alpha value is -1.82. The summed E-state index contributed by atoms with van der Waals surface area (Å²) >= 11 is 0. The molecule has 0 unspecified atom stereocenters. The molecule has 0 atom stereocenters. The Morgan fingerprint density at radius 2 is 1.95 bits per heavy atom. The van der Waals surface area contributed by atoms with Gasteiger partial charge in [0.15, 0.2) is 0 Å². The van der Waals surface area contributed by atoms with Crippen LogP contribution in [0.2, 0.25) is 0 Å². The molecule has 6 nitrogen and oxygen atoms in total. The fraction of sp³-hybridized carbons (Fsp3) is 0.538. The second kappa shape index (κ2) is 5.44. The third-order valence-corrected chi connectivity index (χ3v) is 3.43. The van der Waals surface area contributed by atoms with Crippen LogP contribution < -0.4 is 5.32 Å². The molecule has 1 aliphatic rings. The lowest BCUT2D eigenvalue weighted by molar-refractivity contribution is 0.0690. The number of aryl methyl sites for hydroxylation is 1. The van der Waals surface area contributed by atoms with Crippen LogP contribution in [0.15, 0.2) is 0 Å². The normalized spacial score (nSPS) is 16.3. The summed E-state index contributed by atoms with van der Waals surface area (Å²) in [5, 5.41) is 12.0. The van der Waals surface area contributed by atoms with Crippen LogP contribution in [0.25, 0.3) is 0 Å². The number of carboxylic acid groups (broad SMARTS) is 1. The van der Waals surface area contributed by atoms with Crippen molar-refractivity contribution in [1.82, 2.24) is 10.3 Å². The topological polar surface area (TPSA) is 91.4 Å². The van der Waals surface area contributed by atoms with E-state index in [1.54, 1.807) is 13.8 Å². The maximum absolute atomic E-state index is 12.1. The maximum atomic E-state index is 12.1. The van der Waals surface area contributed by atoms with Gasteiger partial charge in [-0.25, -0.2) is 4.79 Å². The summed E-state index contributed by atoms with van der Waals surface area (Å²) in [5.41, 5.74) is 1.50. The number of aromatic nitrogens is 1. The van der Waals surface area contributed by atoms with E-state index >= 15 is 0 Å². The van der Waals surface area contributed by atoms with Crippen LogP contribution in [0.4, 0.5) is 0 Å². The summed E-state index contributed by atoms with van der Waals surface area (Å²) in [6, 6.07) is 0.0949. The maximum Gasteiger partial charge on any atom is 0.337 e. The molecule has 1 aliphatic heterocycles. The third kappa shape index (κ3) is 2.78. The molecule has 0 saturated carbocycles. The van der Waals surface area contributed by atoms with E-state index in [1.807, 2.05) is 0 Å². The molecule has 1 aromatic rings. The summed E-state index contributed by atoms with van der Waals surface area (Å²) in [6.45, 7) is 4.59. The van der Waals surface area contributed by atoms with Crippen molar-refractivity contribution in [2.75, 3.05) is 13.2 Å². The first-order valence-corrected chi connectivity index (χ1v) is 6.31. The fourth-order valence-electron chi connectivity index (χ4n) is 2.40. The molecule has 0 aromatic carbocycles. The van der Waals surface area contributed by atoms with Gasteiger partial charge in [-0.15, -0.1) is 0 Å². The van der Waals surface area contributed by atoms with Crippen LogP contribution in [-0.4, -0.2) is 41.2 Å². The third-order valence-electron chi connectivity index (χ3n) is 3.43. The standard InChI is InChI=1S/C13H18N2O4/c1-7-10(13(17)18)8(2)14-11(7)12(16)15-9-3-5-19-6-4-9/h9,14H,3-6H2,1-2H3,(H,15,16)(H,17,18). The quantitative estimate of drug-likeness (QED) is 0.767. The molecule has 1 aromatic heterocycles. The molecule has 2 heterocycles. The van der Waals surface area contributed by atoms with Crippen LogP contribution in [0.3, 0.4) is 0 Å². The Bertz CT molecular complexity index is 501. The van der Waals surface area contributed by atoms with Crippen molar-refractivity contribution in [3.63, 3.8) is 0 Å². The Morgan fingerprint density at radius 1 is 1.32 bits per heavy atom. The van der Waals surface area contributed by atoms with Crippen molar-refractivity contribution in [1.29, 1.82) is 0 Å². The number of carboxylic acids is 1. The van der Waals surface area contributed by atoms with Gasteiger partial charge >= 0.3 is 5.97 Å². The lowest BCUT2D eigenvalue weighted by Gasteiger charge is -2.22. The minimum Gasteiger partial charge on any atom is -0.478 e. The van der Waals surface area contributed by atoms with Gasteiger partial charge < -0.3 is 20.1 Å². The van der Waals surface area contributed by atoms with Crippen LogP contribution in [0, 0.1) is 13.8 Å². The Labute approximate surface area is 111 Å². The molecule has 2 rings (SSSR count). The van der Waals surface area contributed by atoms with E-state index < -0.39 is 5.97 Å². The first-order valence-electron chi connectivity index (χ1n) is 6.31. The lowest BCUT2D eigenvalue weighted by Crippen LogP contribution is -2.39. The number of aromatic carboxylic acids is 1. The lowest BCUT2D eigenvalue weighted by atomic mass is 10.1. The van der Waals surface area contributed by atoms with Gasteiger partial charge in [0.05, 0.1) is 5.56 Å². The minimum absolute atomic E-state index is 0.0949. The van der Waals surface area contributed by atoms with E-state index in [1.165, 1.54) is 0 Å². The number of hydrogen-bond donors (Lipinski definition) is 3. The molecular weight excluding hydrogens is 248 g/mol. The summed E-state index contributed by atoms with van der Waals surface area (Å²) < 4.78 is 5.23.